The van der Waals surface area contributed by atoms with E-state index in [0.717, 1.165) is 30.4 Å². The van der Waals surface area contributed by atoms with Crippen LogP contribution >= 0.6 is 0 Å². The highest BCUT2D eigenvalue weighted by Gasteiger charge is 2.19. The lowest BCUT2D eigenvalue weighted by molar-refractivity contribution is 0.0842. The van der Waals surface area contributed by atoms with Crippen molar-refractivity contribution in [2.24, 2.45) is 0 Å². The zero-order valence-corrected chi connectivity index (χ0v) is 20.9. The van der Waals surface area contributed by atoms with Crippen LogP contribution in [0.15, 0.2) is 76.4 Å². The normalized spacial score (nSPS) is 10.9. The number of unbranched alkanes of at least 4 members (excludes halogenated alkanes) is 2. The van der Waals surface area contributed by atoms with Crippen LogP contribution in [0.5, 0.6) is 0 Å². The minimum absolute atomic E-state index is 0.0110. The standard InChI is InChI=1S/C28H29N5O4/c1-3-4-7-16-33-28(37)22-13-6-5-12-21(22)24(31-33)26(35)30-29-25(34)23-14-9-15-32(27(23)36)18-20-11-8-10-19(2)17-20/h5-6,8-15,17H,3-4,7,16,18H2,1-2H3,(H,29,34)(H,30,35). The Kier molecular flexibility index (Phi) is 7.92. The van der Waals surface area contributed by atoms with E-state index in [9.17, 15) is 19.2 Å². The fourth-order valence-electron chi connectivity index (χ4n) is 4.15. The number of hydrazine groups is 1. The van der Waals surface area contributed by atoms with Gasteiger partial charge in [-0.1, -0.05) is 67.8 Å². The van der Waals surface area contributed by atoms with Crippen LogP contribution in [0.25, 0.3) is 10.8 Å². The Morgan fingerprint density at radius 2 is 1.62 bits per heavy atom. The average molecular weight is 500 g/mol. The minimum atomic E-state index is -0.752. The van der Waals surface area contributed by atoms with Gasteiger partial charge in [0.25, 0.3) is 22.9 Å². The van der Waals surface area contributed by atoms with Crippen LogP contribution in [0, 0.1) is 6.92 Å². The van der Waals surface area contributed by atoms with Crippen molar-refractivity contribution < 1.29 is 9.59 Å². The molecule has 0 aliphatic carbocycles. The first kappa shape index (κ1) is 25.6. The molecule has 4 rings (SSSR count). The molecule has 4 aromatic rings. The van der Waals surface area contributed by atoms with Gasteiger partial charge < -0.3 is 4.57 Å². The molecule has 0 fully saturated rings. The number of amides is 2. The van der Waals surface area contributed by atoms with Crippen LogP contribution in [0.3, 0.4) is 0 Å². The van der Waals surface area contributed by atoms with Crippen molar-refractivity contribution in [3.63, 3.8) is 0 Å². The predicted molar refractivity (Wildman–Crippen MR) is 141 cm³/mol. The number of pyridine rings is 1. The summed E-state index contributed by atoms with van der Waals surface area (Å²) in [6.45, 7) is 4.72. The first-order valence-electron chi connectivity index (χ1n) is 12.2. The maximum absolute atomic E-state index is 13.0. The molecule has 0 unspecified atom stereocenters. The van der Waals surface area contributed by atoms with E-state index >= 15 is 0 Å². The van der Waals surface area contributed by atoms with E-state index in [1.165, 1.54) is 15.3 Å². The quantitative estimate of drug-likeness (QED) is 0.285. The summed E-state index contributed by atoms with van der Waals surface area (Å²) in [7, 11) is 0. The number of aromatic nitrogens is 3. The lowest BCUT2D eigenvalue weighted by atomic mass is 10.1. The third-order valence-electron chi connectivity index (χ3n) is 6.05. The van der Waals surface area contributed by atoms with E-state index in [1.807, 2.05) is 31.2 Å². The molecule has 9 heteroatoms. The predicted octanol–water partition coefficient (Wildman–Crippen LogP) is 3.18. The molecule has 9 nitrogen and oxygen atoms in total. The average Bonchev–Trinajstić information content (AvgIpc) is 2.90. The number of nitrogens with one attached hydrogen (secondary N) is 2. The van der Waals surface area contributed by atoms with Crippen molar-refractivity contribution in [1.29, 1.82) is 0 Å². The van der Waals surface area contributed by atoms with Crippen molar-refractivity contribution in [2.45, 2.75) is 46.2 Å². The maximum atomic E-state index is 13.0. The number of carbonyl (C=O) groups excluding carboxylic acids is 2. The molecule has 0 aliphatic heterocycles. The van der Waals surface area contributed by atoms with E-state index in [1.54, 1.807) is 36.5 Å². The Bertz CT molecular complexity index is 1570. The summed E-state index contributed by atoms with van der Waals surface area (Å²) in [5.74, 6) is -1.44. The molecule has 0 spiro atoms. The smallest absolute Gasteiger partial charge is 0.290 e. The summed E-state index contributed by atoms with van der Waals surface area (Å²) >= 11 is 0. The molecule has 0 saturated carbocycles. The molecular weight excluding hydrogens is 470 g/mol. The highest BCUT2D eigenvalue weighted by molar-refractivity contribution is 6.06. The van der Waals surface area contributed by atoms with Crippen LogP contribution in [-0.2, 0) is 13.1 Å². The van der Waals surface area contributed by atoms with Gasteiger partial charge in [0.15, 0.2) is 5.69 Å². The number of fused-ring (bicyclic) bond motifs is 1. The van der Waals surface area contributed by atoms with Gasteiger partial charge in [0.05, 0.1) is 11.9 Å². The van der Waals surface area contributed by atoms with Crippen LogP contribution in [0.4, 0.5) is 0 Å². The number of aryl methyl sites for hydroxylation is 2. The van der Waals surface area contributed by atoms with Gasteiger partial charge in [-0.05, 0) is 37.1 Å². The van der Waals surface area contributed by atoms with Crippen LogP contribution in [-0.4, -0.2) is 26.2 Å². The molecule has 190 valence electrons. The van der Waals surface area contributed by atoms with Gasteiger partial charge in [0.2, 0.25) is 0 Å². The van der Waals surface area contributed by atoms with Gasteiger partial charge in [-0.15, -0.1) is 0 Å². The molecule has 0 aliphatic rings. The van der Waals surface area contributed by atoms with Crippen molar-refractivity contribution in [3.8, 4) is 0 Å². The Morgan fingerprint density at radius 3 is 2.38 bits per heavy atom. The number of carbonyl (C=O) groups is 2. The van der Waals surface area contributed by atoms with Gasteiger partial charge in [-0.2, -0.15) is 5.10 Å². The van der Waals surface area contributed by atoms with E-state index < -0.39 is 17.4 Å². The first-order chi connectivity index (χ1) is 17.9. The molecule has 2 heterocycles. The van der Waals surface area contributed by atoms with Crippen LogP contribution in [0.1, 0.15) is 58.2 Å². The summed E-state index contributed by atoms with van der Waals surface area (Å²) in [4.78, 5) is 51.6. The number of hydrogen-bond donors (Lipinski definition) is 2. The molecule has 2 aromatic heterocycles. The van der Waals surface area contributed by atoms with E-state index in [-0.39, 0.29) is 16.8 Å². The number of nitrogens with zero attached hydrogens (tertiary/aromatic N) is 3. The molecule has 37 heavy (non-hydrogen) atoms. The monoisotopic (exact) mass is 499 g/mol. The molecule has 0 bridgehead atoms. The zero-order valence-electron chi connectivity index (χ0n) is 20.9. The molecule has 0 radical (unpaired) electrons. The molecule has 2 amide bonds. The molecular formula is C28H29N5O4. The topological polar surface area (TPSA) is 115 Å². The zero-order chi connectivity index (χ0) is 26.4. The van der Waals surface area contributed by atoms with Crippen molar-refractivity contribution in [1.82, 2.24) is 25.2 Å². The molecule has 2 N–H and O–H groups in total. The second kappa shape index (κ2) is 11.5. The lowest BCUT2D eigenvalue weighted by Crippen LogP contribution is -2.44. The third kappa shape index (κ3) is 5.83. The van der Waals surface area contributed by atoms with Crippen LogP contribution in [0.2, 0.25) is 0 Å². The minimum Gasteiger partial charge on any atom is -0.310 e. The van der Waals surface area contributed by atoms with Crippen LogP contribution < -0.4 is 22.0 Å². The second-order valence-corrected chi connectivity index (χ2v) is 8.88. The Labute approximate surface area is 213 Å². The van der Waals surface area contributed by atoms with E-state index in [2.05, 4.69) is 22.9 Å². The van der Waals surface area contributed by atoms with Crippen molar-refractivity contribution in [2.75, 3.05) is 0 Å². The maximum Gasteiger partial charge on any atom is 0.290 e. The fourth-order valence-corrected chi connectivity index (χ4v) is 4.15. The lowest BCUT2D eigenvalue weighted by Gasteiger charge is -2.12. The number of rotatable bonds is 8. The van der Waals surface area contributed by atoms with Gasteiger partial charge in [0, 0.05) is 18.1 Å². The highest BCUT2D eigenvalue weighted by atomic mass is 16.2. The van der Waals surface area contributed by atoms with Gasteiger partial charge in [-0.25, -0.2) is 4.68 Å². The van der Waals surface area contributed by atoms with E-state index in [4.69, 9.17) is 0 Å². The Hall–Kier alpha value is -4.53. The SMILES string of the molecule is CCCCCn1nc(C(=O)NNC(=O)c2cccn(Cc3cccc(C)c3)c2=O)c2ccccc2c1=O. The van der Waals surface area contributed by atoms with E-state index in [0.29, 0.717) is 23.9 Å². The Morgan fingerprint density at radius 1 is 0.865 bits per heavy atom. The Balaban J connectivity index is 1.54. The van der Waals surface area contributed by atoms with Crippen molar-refractivity contribution >= 4 is 22.6 Å². The van der Waals surface area contributed by atoms with Gasteiger partial charge in [-0.3, -0.25) is 30.0 Å². The van der Waals surface area contributed by atoms with Gasteiger partial charge in [0.1, 0.15) is 5.56 Å². The number of hydrogen-bond acceptors (Lipinski definition) is 5. The third-order valence-corrected chi connectivity index (χ3v) is 6.05. The summed E-state index contributed by atoms with van der Waals surface area (Å²) in [6, 6.07) is 17.5. The number of benzene rings is 2. The highest BCUT2D eigenvalue weighted by Crippen LogP contribution is 2.13. The first-order valence-corrected chi connectivity index (χ1v) is 12.2. The summed E-state index contributed by atoms with van der Waals surface area (Å²) in [5.41, 5.74) is 5.80. The fraction of sp³-hybridized carbons (Fsp3) is 0.250. The van der Waals surface area contributed by atoms with Gasteiger partial charge >= 0.3 is 0 Å². The molecule has 0 atom stereocenters. The molecule has 0 saturated heterocycles. The summed E-state index contributed by atoms with van der Waals surface area (Å²) in [6.07, 6.45) is 4.27. The largest absolute Gasteiger partial charge is 0.310 e. The summed E-state index contributed by atoms with van der Waals surface area (Å²) in [5, 5.41) is 5.03. The van der Waals surface area contributed by atoms with Crippen molar-refractivity contribution in [3.05, 3.63) is 110 Å². The summed E-state index contributed by atoms with van der Waals surface area (Å²) < 4.78 is 2.72. The molecule has 2 aromatic carbocycles. The second-order valence-electron chi connectivity index (χ2n) is 8.88.